The summed E-state index contributed by atoms with van der Waals surface area (Å²) in [6, 6.07) is 7.49. The standard InChI is InChI=1S/C17H19N7O3S/c1-11-16(24(25)26)12(2)22(21-11)10-28-17-20-19-13(3)23(17)18-9-14-5-7-15(27-4)8-6-14/h5-9H,10H2,1-4H3/b18-9+. The topological polar surface area (TPSA) is 113 Å². The second kappa shape index (κ2) is 8.21. The molecule has 10 nitrogen and oxygen atoms in total. The summed E-state index contributed by atoms with van der Waals surface area (Å²) in [6.07, 6.45) is 1.70. The van der Waals surface area contributed by atoms with Crippen molar-refractivity contribution in [2.45, 2.75) is 31.8 Å². The summed E-state index contributed by atoms with van der Waals surface area (Å²) >= 11 is 1.34. The first kappa shape index (κ1) is 19.5. The van der Waals surface area contributed by atoms with Gasteiger partial charge in [-0.2, -0.15) is 14.9 Å². The van der Waals surface area contributed by atoms with E-state index in [0.29, 0.717) is 28.2 Å². The van der Waals surface area contributed by atoms with E-state index in [9.17, 15) is 10.1 Å². The smallest absolute Gasteiger partial charge is 0.312 e. The molecule has 0 atom stereocenters. The lowest BCUT2D eigenvalue weighted by molar-refractivity contribution is -0.386. The zero-order valence-electron chi connectivity index (χ0n) is 15.9. The van der Waals surface area contributed by atoms with Crippen LogP contribution >= 0.6 is 11.8 Å². The van der Waals surface area contributed by atoms with Crippen LogP contribution in [0.3, 0.4) is 0 Å². The Morgan fingerprint density at radius 2 is 1.96 bits per heavy atom. The summed E-state index contributed by atoms with van der Waals surface area (Å²) in [4.78, 5) is 10.7. The molecule has 3 rings (SSSR count). The van der Waals surface area contributed by atoms with Gasteiger partial charge in [0.2, 0.25) is 5.16 Å². The molecular weight excluding hydrogens is 382 g/mol. The lowest BCUT2D eigenvalue weighted by Crippen LogP contribution is -2.02. The number of nitrogens with zero attached hydrogens (tertiary/aromatic N) is 7. The lowest BCUT2D eigenvalue weighted by Gasteiger charge is -2.04. The molecule has 3 aromatic rings. The van der Waals surface area contributed by atoms with E-state index in [0.717, 1.165) is 11.3 Å². The van der Waals surface area contributed by atoms with Crippen molar-refractivity contribution < 1.29 is 9.66 Å². The van der Waals surface area contributed by atoms with Crippen molar-refractivity contribution >= 4 is 23.7 Å². The fourth-order valence-corrected chi connectivity index (χ4v) is 3.46. The Morgan fingerprint density at radius 1 is 1.25 bits per heavy atom. The predicted octanol–water partition coefficient (Wildman–Crippen LogP) is 2.95. The molecule has 0 saturated heterocycles. The minimum Gasteiger partial charge on any atom is -0.497 e. The van der Waals surface area contributed by atoms with E-state index >= 15 is 0 Å². The van der Waals surface area contributed by atoms with Crippen LogP contribution in [0.25, 0.3) is 0 Å². The van der Waals surface area contributed by atoms with Crippen LogP contribution in [0.15, 0.2) is 34.5 Å². The number of hydrogen-bond donors (Lipinski definition) is 0. The van der Waals surface area contributed by atoms with Gasteiger partial charge < -0.3 is 4.74 Å². The third-order valence-electron chi connectivity index (χ3n) is 4.05. The molecular formula is C17H19N7O3S. The first-order valence-electron chi connectivity index (χ1n) is 8.32. The highest BCUT2D eigenvalue weighted by Gasteiger charge is 2.22. The normalized spacial score (nSPS) is 11.3. The second-order valence-corrected chi connectivity index (χ2v) is 6.82. The van der Waals surface area contributed by atoms with Crippen LogP contribution < -0.4 is 4.74 Å². The van der Waals surface area contributed by atoms with Gasteiger partial charge in [0.05, 0.1) is 24.1 Å². The molecule has 0 aliphatic heterocycles. The molecule has 0 amide bonds. The SMILES string of the molecule is COc1ccc(/C=N/n2c(C)nnc2SCn2nc(C)c([N+](=O)[O-])c2C)cc1. The van der Waals surface area contributed by atoms with Crippen molar-refractivity contribution in [1.29, 1.82) is 0 Å². The third-order valence-corrected chi connectivity index (χ3v) is 4.93. The highest BCUT2D eigenvalue weighted by molar-refractivity contribution is 7.98. The van der Waals surface area contributed by atoms with Crippen molar-refractivity contribution in [3.8, 4) is 5.75 Å². The molecule has 0 aliphatic rings. The molecule has 0 aliphatic carbocycles. The van der Waals surface area contributed by atoms with Crippen LogP contribution in [0.4, 0.5) is 5.69 Å². The summed E-state index contributed by atoms with van der Waals surface area (Å²) in [7, 11) is 1.62. The Kier molecular flexibility index (Phi) is 5.73. The van der Waals surface area contributed by atoms with Crippen molar-refractivity contribution in [3.63, 3.8) is 0 Å². The molecule has 11 heteroatoms. The largest absolute Gasteiger partial charge is 0.497 e. The summed E-state index contributed by atoms with van der Waals surface area (Å²) < 4.78 is 8.35. The summed E-state index contributed by atoms with van der Waals surface area (Å²) in [5.74, 6) is 1.76. The Hall–Kier alpha value is -3.21. The van der Waals surface area contributed by atoms with Gasteiger partial charge in [-0.15, -0.1) is 10.2 Å². The minimum absolute atomic E-state index is 0.0378. The maximum absolute atomic E-state index is 11.1. The van der Waals surface area contributed by atoms with Gasteiger partial charge in [-0.1, -0.05) is 11.8 Å². The van der Waals surface area contributed by atoms with E-state index in [1.165, 1.54) is 11.8 Å². The Balaban J connectivity index is 1.77. The van der Waals surface area contributed by atoms with Gasteiger partial charge in [0.1, 0.15) is 17.1 Å². The van der Waals surface area contributed by atoms with Crippen LogP contribution in [0.5, 0.6) is 5.75 Å². The predicted molar refractivity (Wildman–Crippen MR) is 105 cm³/mol. The van der Waals surface area contributed by atoms with Crippen molar-refractivity contribution in [2.24, 2.45) is 5.10 Å². The van der Waals surface area contributed by atoms with Crippen LogP contribution in [0, 0.1) is 30.9 Å². The maximum Gasteiger partial charge on any atom is 0.312 e. The number of ether oxygens (including phenoxy) is 1. The molecule has 0 bridgehead atoms. The molecule has 0 N–H and O–H groups in total. The van der Waals surface area contributed by atoms with Crippen LogP contribution in [-0.2, 0) is 5.88 Å². The van der Waals surface area contributed by atoms with E-state index in [4.69, 9.17) is 4.74 Å². The van der Waals surface area contributed by atoms with Gasteiger partial charge in [-0.3, -0.25) is 14.8 Å². The molecule has 0 spiro atoms. The van der Waals surface area contributed by atoms with E-state index in [2.05, 4.69) is 20.4 Å². The fourth-order valence-electron chi connectivity index (χ4n) is 2.57. The number of methoxy groups -OCH3 is 1. The van der Waals surface area contributed by atoms with Gasteiger partial charge in [-0.25, -0.2) is 0 Å². The first-order chi connectivity index (χ1) is 13.4. The monoisotopic (exact) mass is 401 g/mol. The molecule has 0 unspecified atom stereocenters. The number of thioether (sulfide) groups is 1. The van der Waals surface area contributed by atoms with Crippen LogP contribution in [0.2, 0.25) is 0 Å². The number of hydrogen-bond acceptors (Lipinski definition) is 8. The van der Waals surface area contributed by atoms with Gasteiger partial charge in [0.15, 0.2) is 5.82 Å². The van der Waals surface area contributed by atoms with Crippen LogP contribution in [-0.4, -0.2) is 42.9 Å². The zero-order valence-corrected chi connectivity index (χ0v) is 16.7. The number of aryl methyl sites for hydroxylation is 2. The van der Waals surface area contributed by atoms with Crippen molar-refractivity contribution in [2.75, 3.05) is 7.11 Å². The van der Waals surface area contributed by atoms with Crippen molar-refractivity contribution in [3.05, 3.63) is 57.2 Å². The van der Waals surface area contributed by atoms with E-state index in [-0.39, 0.29) is 5.69 Å². The third kappa shape index (κ3) is 4.03. The molecule has 2 heterocycles. The average molecular weight is 401 g/mol. The molecule has 28 heavy (non-hydrogen) atoms. The van der Waals surface area contributed by atoms with Gasteiger partial charge in [0.25, 0.3) is 0 Å². The summed E-state index contributed by atoms with van der Waals surface area (Å²) in [6.45, 7) is 5.10. The van der Waals surface area contributed by atoms with E-state index in [1.807, 2.05) is 24.3 Å². The number of rotatable bonds is 7. The van der Waals surface area contributed by atoms with E-state index < -0.39 is 4.92 Å². The first-order valence-corrected chi connectivity index (χ1v) is 9.31. The quantitative estimate of drug-likeness (QED) is 0.259. The average Bonchev–Trinajstić information content (AvgIpc) is 3.17. The maximum atomic E-state index is 11.1. The van der Waals surface area contributed by atoms with E-state index in [1.54, 1.807) is 43.5 Å². The van der Waals surface area contributed by atoms with Gasteiger partial charge in [0, 0.05) is 0 Å². The summed E-state index contributed by atoms with van der Waals surface area (Å²) in [5.41, 5.74) is 1.83. The Labute approximate surface area is 165 Å². The number of benzene rings is 1. The molecule has 0 radical (unpaired) electrons. The highest BCUT2D eigenvalue weighted by atomic mass is 32.2. The molecule has 0 fully saturated rings. The van der Waals surface area contributed by atoms with Gasteiger partial charge in [-0.05, 0) is 50.6 Å². The van der Waals surface area contributed by atoms with Crippen molar-refractivity contribution in [1.82, 2.24) is 24.7 Å². The summed E-state index contributed by atoms with van der Waals surface area (Å²) in [5, 5.41) is 28.6. The van der Waals surface area contributed by atoms with Crippen LogP contribution in [0.1, 0.15) is 22.8 Å². The molecule has 2 aromatic heterocycles. The Morgan fingerprint density at radius 3 is 2.57 bits per heavy atom. The zero-order chi connectivity index (χ0) is 20.3. The molecule has 146 valence electrons. The number of aromatic nitrogens is 5. The lowest BCUT2D eigenvalue weighted by atomic mass is 10.2. The highest BCUT2D eigenvalue weighted by Crippen LogP contribution is 2.25. The Bertz CT molecular complexity index is 1020. The van der Waals surface area contributed by atoms with Gasteiger partial charge >= 0.3 is 5.69 Å². The minimum atomic E-state index is -0.412. The second-order valence-electron chi connectivity index (χ2n) is 5.91. The molecule has 0 saturated carbocycles. The molecule has 1 aromatic carbocycles. The number of nitro groups is 1. The fraction of sp³-hybridized carbons (Fsp3) is 0.294.